The van der Waals surface area contributed by atoms with Crippen LogP contribution in [-0.2, 0) is 11.2 Å². The van der Waals surface area contributed by atoms with Crippen molar-refractivity contribution in [3.05, 3.63) is 35.4 Å². The molecule has 1 atom stereocenters. The summed E-state index contributed by atoms with van der Waals surface area (Å²) in [5.41, 5.74) is 2.95. The number of hydrogen-bond donors (Lipinski definition) is 1. The molecule has 1 aromatic carbocycles. The molecule has 1 aliphatic carbocycles. The van der Waals surface area contributed by atoms with Gasteiger partial charge >= 0.3 is 5.97 Å². The molecule has 0 fully saturated rings. The summed E-state index contributed by atoms with van der Waals surface area (Å²) in [6.07, 6.45) is 2.17. The van der Waals surface area contributed by atoms with Gasteiger partial charge < -0.3 is 10.0 Å². The van der Waals surface area contributed by atoms with E-state index in [-0.39, 0.29) is 6.42 Å². The number of benzene rings is 1. The van der Waals surface area contributed by atoms with Gasteiger partial charge in [0.05, 0.1) is 0 Å². The molecule has 0 aromatic heterocycles. The Labute approximate surface area is 115 Å². The molecule has 0 heterocycles. The van der Waals surface area contributed by atoms with Crippen molar-refractivity contribution in [3.63, 3.8) is 0 Å². The maximum atomic E-state index is 10.6. The molecule has 0 bridgehead atoms. The number of aliphatic carboxylic acids is 1. The molecule has 0 aliphatic heterocycles. The third-order valence-corrected chi connectivity index (χ3v) is 3.98. The lowest BCUT2D eigenvalue weighted by atomic mass is 9.77. The lowest BCUT2D eigenvalue weighted by molar-refractivity contribution is -0.137. The van der Waals surface area contributed by atoms with E-state index < -0.39 is 5.97 Å². The zero-order valence-electron chi connectivity index (χ0n) is 11.8. The molecule has 3 heteroatoms. The first kappa shape index (κ1) is 14.1. The molecule has 0 saturated heterocycles. The lowest BCUT2D eigenvalue weighted by Gasteiger charge is -2.36. The van der Waals surface area contributed by atoms with E-state index in [9.17, 15) is 4.79 Å². The van der Waals surface area contributed by atoms with Crippen LogP contribution in [0.2, 0.25) is 0 Å². The second kappa shape index (κ2) is 6.20. The summed E-state index contributed by atoms with van der Waals surface area (Å²) in [5.74, 6) is -0.0684. The highest BCUT2D eigenvalue weighted by Crippen LogP contribution is 2.35. The van der Waals surface area contributed by atoms with Crippen LogP contribution in [0.25, 0.3) is 0 Å². The van der Waals surface area contributed by atoms with Gasteiger partial charge in [-0.2, -0.15) is 0 Å². The van der Waals surface area contributed by atoms with E-state index in [1.54, 1.807) is 0 Å². The Hall–Kier alpha value is -1.35. The van der Waals surface area contributed by atoms with Gasteiger partial charge in [-0.05, 0) is 44.4 Å². The number of nitrogens with zero attached hydrogens (tertiary/aromatic N) is 1. The summed E-state index contributed by atoms with van der Waals surface area (Å²) in [7, 11) is 0. The van der Waals surface area contributed by atoms with Crippen molar-refractivity contribution in [1.82, 2.24) is 4.90 Å². The lowest BCUT2D eigenvalue weighted by Crippen LogP contribution is -2.38. The van der Waals surface area contributed by atoms with Crippen LogP contribution in [-0.4, -0.2) is 35.1 Å². The highest BCUT2D eigenvalue weighted by Gasteiger charge is 2.27. The van der Waals surface area contributed by atoms with E-state index in [4.69, 9.17) is 5.11 Å². The molecule has 3 nitrogen and oxygen atoms in total. The predicted molar refractivity (Wildman–Crippen MR) is 76.5 cm³/mol. The second-order valence-corrected chi connectivity index (χ2v) is 5.69. The van der Waals surface area contributed by atoms with Crippen LogP contribution in [0.15, 0.2) is 24.3 Å². The average molecular weight is 261 g/mol. The van der Waals surface area contributed by atoms with Crippen LogP contribution in [0.4, 0.5) is 0 Å². The van der Waals surface area contributed by atoms with Gasteiger partial charge in [0.25, 0.3) is 0 Å². The normalized spacial score (nSPS) is 17.4. The van der Waals surface area contributed by atoms with Gasteiger partial charge in [-0.1, -0.05) is 24.3 Å². The Morgan fingerprint density at radius 3 is 2.79 bits per heavy atom. The Bertz CT molecular complexity index is 442. The van der Waals surface area contributed by atoms with E-state index in [1.165, 1.54) is 17.5 Å². The molecule has 19 heavy (non-hydrogen) atoms. The molecule has 0 radical (unpaired) electrons. The summed E-state index contributed by atoms with van der Waals surface area (Å²) in [6.45, 7) is 6.30. The zero-order valence-corrected chi connectivity index (χ0v) is 11.8. The number of carbonyl (C=O) groups is 1. The van der Waals surface area contributed by atoms with Gasteiger partial charge in [-0.3, -0.25) is 4.79 Å². The fourth-order valence-electron chi connectivity index (χ4n) is 2.80. The van der Waals surface area contributed by atoms with E-state index in [0.717, 1.165) is 19.5 Å². The van der Waals surface area contributed by atoms with Crippen LogP contribution in [0, 0.1) is 0 Å². The predicted octanol–water partition coefficient (Wildman–Crippen LogP) is 2.90. The maximum Gasteiger partial charge on any atom is 0.303 e. The number of rotatable bonds is 7. The molecule has 1 aromatic rings. The molecular formula is C16H23NO2. The SMILES string of the molecule is CC(C)N(CCCC(=O)O)CC1Cc2ccccc21. The fraction of sp³-hybridized carbons (Fsp3) is 0.562. The van der Waals surface area contributed by atoms with Gasteiger partial charge in [0, 0.05) is 24.9 Å². The van der Waals surface area contributed by atoms with E-state index >= 15 is 0 Å². The Balaban J connectivity index is 1.86. The Kier molecular flexibility index (Phi) is 4.59. The first-order chi connectivity index (χ1) is 9.08. The van der Waals surface area contributed by atoms with Gasteiger partial charge in [-0.25, -0.2) is 0 Å². The van der Waals surface area contributed by atoms with Crippen LogP contribution >= 0.6 is 0 Å². The minimum Gasteiger partial charge on any atom is -0.481 e. The third-order valence-electron chi connectivity index (χ3n) is 3.98. The van der Waals surface area contributed by atoms with Crippen molar-refractivity contribution < 1.29 is 9.90 Å². The summed E-state index contributed by atoms with van der Waals surface area (Å²) < 4.78 is 0. The number of carboxylic acids is 1. The minimum atomic E-state index is -0.697. The second-order valence-electron chi connectivity index (χ2n) is 5.69. The summed E-state index contributed by atoms with van der Waals surface area (Å²) >= 11 is 0. The topological polar surface area (TPSA) is 40.5 Å². The standard InChI is InChI=1S/C16H23NO2/c1-12(2)17(9-5-8-16(18)19)11-14-10-13-6-3-4-7-15(13)14/h3-4,6-7,12,14H,5,8-11H2,1-2H3,(H,18,19). The van der Waals surface area contributed by atoms with Crippen molar-refractivity contribution in [3.8, 4) is 0 Å². The number of fused-ring (bicyclic) bond motifs is 1. The first-order valence-corrected chi connectivity index (χ1v) is 7.11. The van der Waals surface area contributed by atoms with Crippen LogP contribution in [0.1, 0.15) is 43.7 Å². The highest BCUT2D eigenvalue weighted by atomic mass is 16.4. The summed E-state index contributed by atoms with van der Waals surface area (Å²) in [5, 5.41) is 8.72. The van der Waals surface area contributed by atoms with Crippen LogP contribution in [0.3, 0.4) is 0 Å². The first-order valence-electron chi connectivity index (χ1n) is 7.11. The molecule has 0 amide bonds. The van der Waals surface area contributed by atoms with E-state index in [2.05, 4.69) is 43.0 Å². The molecular weight excluding hydrogens is 238 g/mol. The molecule has 1 aliphatic rings. The third kappa shape index (κ3) is 3.57. The highest BCUT2D eigenvalue weighted by molar-refractivity contribution is 5.66. The fourth-order valence-corrected chi connectivity index (χ4v) is 2.80. The smallest absolute Gasteiger partial charge is 0.303 e. The van der Waals surface area contributed by atoms with Gasteiger partial charge in [0.15, 0.2) is 0 Å². The molecule has 1 unspecified atom stereocenters. The van der Waals surface area contributed by atoms with Crippen molar-refractivity contribution >= 4 is 5.97 Å². The molecule has 2 rings (SSSR count). The van der Waals surface area contributed by atoms with Crippen molar-refractivity contribution in [1.29, 1.82) is 0 Å². The van der Waals surface area contributed by atoms with Crippen molar-refractivity contribution in [2.24, 2.45) is 0 Å². The average Bonchev–Trinajstić information content (AvgIpc) is 2.33. The van der Waals surface area contributed by atoms with Crippen LogP contribution in [0.5, 0.6) is 0 Å². The zero-order chi connectivity index (χ0) is 13.8. The van der Waals surface area contributed by atoms with Gasteiger partial charge in [0.1, 0.15) is 0 Å². The molecule has 0 spiro atoms. The van der Waals surface area contributed by atoms with Crippen molar-refractivity contribution in [2.75, 3.05) is 13.1 Å². The van der Waals surface area contributed by atoms with Gasteiger partial charge in [0.2, 0.25) is 0 Å². The van der Waals surface area contributed by atoms with E-state index in [0.29, 0.717) is 12.0 Å². The number of hydrogen-bond acceptors (Lipinski definition) is 2. The summed E-state index contributed by atoms with van der Waals surface area (Å²) in [6, 6.07) is 9.11. The maximum absolute atomic E-state index is 10.6. The minimum absolute atomic E-state index is 0.268. The molecule has 0 saturated carbocycles. The van der Waals surface area contributed by atoms with E-state index in [1.807, 2.05) is 0 Å². The van der Waals surface area contributed by atoms with Crippen molar-refractivity contribution in [2.45, 2.75) is 45.1 Å². The monoisotopic (exact) mass is 261 g/mol. The molecule has 104 valence electrons. The molecule has 1 N–H and O–H groups in total. The Morgan fingerprint density at radius 1 is 1.42 bits per heavy atom. The Morgan fingerprint density at radius 2 is 2.16 bits per heavy atom. The quantitative estimate of drug-likeness (QED) is 0.820. The number of carboxylic acid groups (broad SMARTS) is 1. The largest absolute Gasteiger partial charge is 0.481 e. The summed E-state index contributed by atoms with van der Waals surface area (Å²) in [4.78, 5) is 13.0. The van der Waals surface area contributed by atoms with Crippen LogP contribution < -0.4 is 0 Å². The van der Waals surface area contributed by atoms with Gasteiger partial charge in [-0.15, -0.1) is 0 Å².